The number of Topliss-reactive ketones (excluding diaryl/α,β-unsaturated/α-hetero) is 1. The number of ether oxygens (including phenoxy) is 1. The monoisotopic (exact) mass is 496 g/mol. The second-order valence-corrected chi connectivity index (χ2v) is 9.81. The van der Waals surface area contributed by atoms with Gasteiger partial charge in [-0.05, 0) is 51.0 Å². The van der Waals surface area contributed by atoms with Gasteiger partial charge in [0.05, 0.1) is 29.6 Å². The van der Waals surface area contributed by atoms with Gasteiger partial charge in [-0.2, -0.15) is 0 Å². The molecular formula is C29H44N4O3. The Labute approximate surface area is 216 Å². The van der Waals surface area contributed by atoms with E-state index in [1.165, 1.54) is 38.5 Å². The van der Waals surface area contributed by atoms with Gasteiger partial charge in [-0.3, -0.25) is 14.5 Å². The summed E-state index contributed by atoms with van der Waals surface area (Å²) in [7, 11) is 0. The van der Waals surface area contributed by atoms with Crippen molar-refractivity contribution < 1.29 is 14.3 Å². The summed E-state index contributed by atoms with van der Waals surface area (Å²) in [5, 5.41) is 2.85. The Morgan fingerprint density at radius 2 is 1.83 bits per heavy atom. The van der Waals surface area contributed by atoms with Crippen molar-refractivity contribution in [2.45, 2.75) is 104 Å². The summed E-state index contributed by atoms with van der Waals surface area (Å²) in [6.45, 7) is 10.8. The van der Waals surface area contributed by atoms with Gasteiger partial charge >= 0.3 is 0 Å². The van der Waals surface area contributed by atoms with Crippen LogP contribution in [0, 0.1) is 0 Å². The molecule has 0 spiro atoms. The van der Waals surface area contributed by atoms with Crippen molar-refractivity contribution in [3.63, 3.8) is 0 Å². The quantitative estimate of drug-likeness (QED) is 0.278. The van der Waals surface area contributed by atoms with E-state index in [0.717, 1.165) is 31.5 Å². The summed E-state index contributed by atoms with van der Waals surface area (Å²) >= 11 is 0. The second-order valence-electron chi connectivity index (χ2n) is 9.81. The molecule has 0 bridgehead atoms. The largest absolute Gasteiger partial charge is 0.478 e. The van der Waals surface area contributed by atoms with Gasteiger partial charge < -0.3 is 15.0 Å². The molecule has 1 aliphatic carbocycles. The van der Waals surface area contributed by atoms with Crippen molar-refractivity contribution in [1.29, 1.82) is 0 Å². The molecular weight excluding hydrogens is 452 g/mol. The third-order valence-electron chi connectivity index (χ3n) is 7.25. The van der Waals surface area contributed by atoms with Crippen LogP contribution in [0.1, 0.15) is 112 Å². The molecule has 2 N–H and O–H groups in total. The molecule has 1 aliphatic rings. The van der Waals surface area contributed by atoms with Crippen LogP contribution in [-0.2, 0) is 6.42 Å². The zero-order chi connectivity index (χ0) is 25.9. The minimum Gasteiger partial charge on any atom is -0.478 e. The van der Waals surface area contributed by atoms with Crippen LogP contribution in [-0.4, -0.2) is 51.8 Å². The first kappa shape index (κ1) is 27.9. The number of pyridine rings is 1. The molecule has 0 saturated carbocycles. The minimum atomic E-state index is -0.298. The van der Waals surface area contributed by atoms with E-state index in [4.69, 9.17) is 4.74 Å². The number of anilines is 1. The molecule has 2 heterocycles. The molecule has 0 aromatic carbocycles. The van der Waals surface area contributed by atoms with Crippen molar-refractivity contribution in [2.24, 2.45) is 0 Å². The number of H-pyrrole nitrogens is 1. The van der Waals surface area contributed by atoms with E-state index in [9.17, 15) is 9.59 Å². The van der Waals surface area contributed by atoms with Crippen LogP contribution in [0.25, 0.3) is 0 Å². The van der Waals surface area contributed by atoms with Crippen LogP contribution < -0.4 is 10.1 Å². The lowest BCUT2D eigenvalue weighted by Crippen LogP contribution is -2.43. The van der Waals surface area contributed by atoms with Crippen LogP contribution in [0.3, 0.4) is 0 Å². The Balaban J connectivity index is 1.51. The molecule has 0 aliphatic heterocycles. The Hall–Kier alpha value is -2.67. The number of rotatable bonds is 15. The Morgan fingerprint density at radius 1 is 1.11 bits per heavy atom. The van der Waals surface area contributed by atoms with E-state index < -0.39 is 0 Å². The van der Waals surface area contributed by atoms with Gasteiger partial charge in [0.2, 0.25) is 5.88 Å². The maximum absolute atomic E-state index is 12.8. The lowest BCUT2D eigenvalue weighted by atomic mass is 9.93. The first-order valence-electron chi connectivity index (χ1n) is 13.9. The number of aryl methyl sites for hydroxylation is 1. The van der Waals surface area contributed by atoms with Crippen LogP contribution in [0.2, 0.25) is 0 Å². The number of carbonyl (C=O) groups is 2. The maximum atomic E-state index is 12.8. The summed E-state index contributed by atoms with van der Waals surface area (Å²) in [4.78, 5) is 35.2. The number of hydrogen-bond acceptors (Lipinski definition) is 5. The highest BCUT2D eigenvalue weighted by molar-refractivity contribution is 6.13. The molecule has 3 rings (SSSR count). The van der Waals surface area contributed by atoms with E-state index >= 15 is 0 Å². The van der Waals surface area contributed by atoms with Crippen LogP contribution in [0.15, 0.2) is 24.5 Å². The third kappa shape index (κ3) is 7.19. The normalized spacial score (nSPS) is 15.0. The Morgan fingerprint density at radius 3 is 2.44 bits per heavy atom. The molecule has 2 unspecified atom stereocenters. The summed E-state index contributed by atoms with van der Waals surface area (Å²) in [5.74, 6) is 0.284. The predicted octanol–water partition coefficient (Wildman–Crippen LogP) is 6.41. The molecule has 0 fully saturated rings. The van der Waals surface area contributed by atoms with Crippen molar-refractivity contribution in [3.8, 4) is 5.88 Å². The topological polar surface area (TPSA) is 87.3 Å². The molecule has 36 heavy (non-hydrogen) atoms. The van der Waals surface area contributed by atoms with Crippen LogP contribution in [0.5, 0.6) is 5.88 Å². The molecule has 198 valence electrons. The van der Waals surface area contributed by atoms with Gasteiger partial charge in [-0.25, -0.2) is 4.98 Å². The van der Waals surface area contributed by atoms with E-state index in [-0.39, 0.29) is 11.7 Å². The van der Waals surface area contributed by atoms with E-state index in [0.29, 0.717) is 47.8 Å². The summed E-state index contributed by atoms with van der Waals surface area (Å²) in [5.41, 5.74) is 2.37. The number of nitrogens with zero attached hydrogens (tertiary/aromatic N) is 2. The first-order valence-corrected chi connectivity index (χ1v) is 13.9. The fraction of sp³-hybridized carbons (Fsp3) is 0.621. The van der Waals surface area contributed by atoms with Gasteiger partial charge in [0.15, 0.2) is 5.78 Å². The van der Waals surface area contributed by atoms with Gasteiger partial charge in [0, 0.05) is 43.0 Å². The van der Waals surface area contributed by atoms with Gasteiger partial charge in [-0.15, -0.1) is 0 Å². The number of aromatic nitrogens is 2. The summed E-state index contributed by atoms with van der Waals surface area (Å²) in [6, 6.07) is 4.83. The van der Waals surface area contributed by atoms with Crippen molar-refractivity contribution in [2.75, 3.05) is 18.5 Å². The van der Waals surface area contributed by atoms with Crippen molar-refractivity contribution in [3.05, 3.63) is 41.3 Å². The predicted molar refractivity (Wildman–Crippen MR) is 145 cm³/mol. The van der Waals surface area contributed by atoms with Gasteiger partial charge in [0.1, 0.15) is 0 Å². The number of hydrogen-bond donors (Lipinski definition) is 2. The molecule has 7 nitrogen and oxygen atoms in total. The fourth-order valence-electron chi connectivity index (χ4n) is 5.41. The maximum Gasteiger partial charge on any atom is 0.257 e. The molecule has 2 aromatic heterocycles. The van der Waals surface area contributed by atoms with Gasteiger partial charge in [0.25, 0.3) is 5.91 Å². The Bertz CT molecular complexity index is 955. The smallest absolute Gasteiger partial charge is 0.257 e. The minimum absolute atomic E-state index is 0.0305. The van der Waals surface area contributed by atoms with Crippen LogP contribution >= 0.6 is 0 Å². The fourth-order valence-corrected chi connectivity index (χ4v) is 5.41. The molecule has 1 amide bonds. The lowest BCUT2D eigenvalue weighted by molar-refractivity contribution is 0.0956. The van der Waals surface area contributed by atoms with Crippen molar-refractivity contribution >= 4 is 17.4 Å². The molecule has 0 saturated heterocycles. The second kappa shape index (κ2) is 14.2. The molecule has 2 atom stereocenters. The van der Waals surface area contributed by atoms with Crippen molar-refractivity contribution in [1.82, 2.24) is 14.9 Å². The zero-order valence-corrected chi connectivity index (χ0v) is 22.6. The van der Waals surface area contributed by atoms with E-state index in [2.05, 4.69) is 47.9 Å². The van der Waals surface area contributed by atoms with Crippen LogP contribution in [0.4, 0.5) is 5.69 Å². The molecule has 7 heteroatoms. The number of ketones is 1. The summed E-state index contributed by atoms with van der Waals surface area (Å²) in [6.07, 6.45) is 13.6. The van der Waals surface area contributed by atoms with Gasteiger partial charge in [-0.1, -0.05) is 40.5 Å². The number of fused-ring (bicyclic) bond motifs is 1. The lowest BCUT2D eigenvalue weighted by Gasteiger charge is -2.37. The standard InChI is InChI=1S/C29H44N4O3/c1-5-11-22(7-3)33(23(8-4)12-6-2)17-10-18-36-27-16-15-21(19-31-27)32-29(35)24-20-30-25-13-9-14-26(34)28(24)25/h15-16,19-20,22-23,30H,5-14,17-18H2,1-4H3,(H,32,35). The highest BCUT2D eigenvalue weighted by atomic mass is 16.5. The average Bonchev–Trinajstić information content (AvgIpc) is 3.33. The SMILES string of the molecule is CCCC(CC)N(CCCOc1ccc(NC(=O)c2c[nH]c3c2C(=O)CCC3)cn1)C(CC)CCC. The molecule has 0 radical (unpaired) electrons. The molecule has 2 aromatic rings. The highest BCUT2D eigenvalue weighted by Crippen LogP contribution is 2.25. The number of amides is 1. The number of aromatic amines is 1. The average molecular weight is 497 g/mol. The Kier molecular flexibility index (Phi) is 11.0. The number of nitrogens with one attached hydrogen (secondary N) is 2. The zero-order valence-electron chi connectivity index (χ0n) is 22.6. The van der Waals surface area contributed by atoms with E-state index in [1.807, 2.05) is 0 Å². The third-order valence-corrected chi connectivity index (χ3v) is 7.25. The number of carbonyl (C=O) groups excluding carboxylic acids is 2. The highest BCUT2D eigenvalue weighted by Gasteiger charge is 2.26. The van der Waals surface area contributed by atoms with E-state index in [1.54, 1.807) is 24.5 Å². The first-order chi connectivity index (χ1) is 17.5. The summed E-state index contributed by atoms with van der Waals surface area (Å²) < 4.78 is 5.92.